The van der Waals surface area contributed by atoms with E-state index in [2.05, 4.69) is 15.4 Å². The number of alkyl halides is 3. The van der Waals surface area contributed by atoms with E-state index in [4.69, 9.17) is 16.3 Å². The van der Waals surface area contributed by atoms with Crippen molar-refractivity contribution in [2.24, 2.45) is 0 Å². The van der Waals surface area contributed by atoms with Crippen LogP contribution in [-0.4, -0.2) is 44.7 Å². The van der Waals surface area contributed by atoms with Crippen LogP contribution in [0.25, 0.3) is 0 Å². The molecule has 1 aliphatic rings. The van der Waals surface area contributed by atoms with Crippen molar-refractivity contribution < 1.29 is 32.3 Å². The number of nitrogens with one attached hydrogen (secondary N) is 1. The number of ether oxygens (including phenoxy) is 1. The van der Waals surface area contributed by atoms with Gasteiger partial charge in [0, 0.05) is 36.0 Å². The van der Waals surface area contributed by atoms with Gasteiger partial charge < -0.3 is 9.64 Å². The summed E-state index contributed by atoms with van der Waals surface area (Å²) >= 11 is 5.88. The first-order valence-corrected chi connectivity index (χ1v) is 12.3. The molecule has 2 amide bonds. The normalized spacial score (nSPS) is 15.2. The summed E-state index contributed by atoms with van der Waals surface area (Å²) in [7, 11) is 0. The van der Waals surface area contributed by atoms with Gasteiger partial charge in [-0.05, 0) is 58.0 Å². The lowest BCUT2D eigenvalue weighted by molar-refractivity contribution is -0.137. The SMILES string of the molecule is C[C@H]1CN(c2ccc(C(F)(F)F)c(Cl)c2)C(=O)c2c(CC(=O)c3ccc(NC(=O)OC(C)(C)C)nc3)cnn21.S. The van der Waals surface area contributed by atoms with Crippen LogP contribution in [0, 0.1) is 0 Å². The highest BCUT2D eigenvalue weighted by Crippen LogP contribution is 2.38. The summed E-state index contributed by atoms with van der Waals surface area (Å²) in [5.41, 5.74) is -0.722. The van der Waals surface area contributed by atoms with Gasteiger partial charge in [-0.15, -0.1) is 0 Å². The number of carbonyl (C=O) groups excluding carboxylic acids is 3. The number of ketones is 1. The zero-order chi connectivity index (χ0) is 28.7. The van der Waals surface area contributed by atoms with E-state index in [9.17, 15) is 27.6 Å². The molecule has 3 heterocycles. The lowest BCUT2D eigenvalue weighted by atomic mass is 10.0. The fourth-order valence-corrected chi connectivity index (χ4v) is 4.37. The number of fused-ring (bicyclic) bond motifs is 1. The highest BCUT2D eigenvalue weighted by Gasteiger charge is 2.36. The number of hydrogen-bond acceptors (Lipinski definition) is 6. The molecular formula is C26H27ClF3N5O4S. The Bertz CT molecular complexity index is 1440. The molecule has 3 aromatic rings. The van der Waals surface area contributed by atoms with Gasteiger partial charge in [-0.2, -0.15) is 31.8 Å². The quantitative estimate of drug-likeness (QED) is 0.359. The summed E-state index contributed by atoms with van der Waals surface area (Å²) in [6.07, 6.45) is -2.76. The lowest BCUT2D eigenvalue weighted by Crippen LogP contribution is -2.43. The van der Waals surface area contributed by atoms with E-state index in [1.165, 1.54) is 40.2 Å². The highest BCUT2D eigenvalue weighted by atomic mass is 35.5. The molecular weight excluding hydrogens is 571 g/mol. The van der Waals surface area contributed by atoms with Crippen molar-refractivity contribution in [2.75, 3.05) is 16.8 Å². The number of anilines is 2. The zero-order valence-electron chi connectivity index (χ0n) is 22.0. The Hall–Kier alpha value is -3.58. The minimum absolute atomic E-state index is 0. The minimum atomic E-state index is -4.63. The second-order valence-corrected chi connectivity index (χ2v) is 10.5. The van der Waals surface area contributed by atoms with Gasteiger partial charge in [0.2, 0.25) is 0 Å². The number of benzene rings is 1. The molecule has 14 heteroatoms. The van der Waals surface area contributed by atoms with Crippen LogP contribution in [-0.2, 0) is 17.3 Å². The van der Waals surface area contributed by atoms with E-state index in [-0.39, 0.29) is 61.0 Å². The van der Waals surface area contributed by atoms with Crippen molar-refractivity contribution in [3.05, 3.63) is 70.1 Å². The third kappa shape index (κ3) is 6.76. The molecule has 1 atom stereocenters. The average molecular weight is 598 g/mol. The maximum Gasteiger partial charge on any atom is 0.417 e. The second kappa shape index (κ2) is 11.5. The van der Waals surface area contributed by atoms with Gasteiger partial charge >= 0.3 is 12.3 Å². The van der Waals surface area contributed by atoms with E-state index in [0.29, 0.717) is 5.56 Å². The summed E-state index contributed by atoms with van der Waals surface area (Å²) in [6.45, 7) is 7.12. The van der Waals surface area contributed by atoms with E-state index in [0.717, 1.165) is 12.1 Å². The maximum absolute atomic E-state index is 13.4. The molecule has 9 nitrogen and oxygen atoms in total. The summed E-state index contributed by atoms with van der Waals surface area (Å²) in [6, 6.07) is 5.74. The smallest absolute Gasteiger partial charge is 0.417 e. The zero-order valence-corrected chi connectivity index (χ0v) is 23.7. The molecule has 0 spiro atoms. The summed E-state index contributed by atoms with van der Waals surface area (Å²) < 4.78 is 46.1. The first kappa shape index (κ1) is 31.0. The molecule has 0 fully saturated rings. The molecule has 4 rings (SSSR count). The van der Waals surface area contributed by atoms with Crippen molar-refractivity contribution in [3.63, 3.8) is 0 Å². The van der Waals surface area contributed by atoms with Gasteiger partial charge in [-0.25, -0.2) is 9.78 Å². The summed E-state index contributed by atoms with van der Waals surface area (Å²) in [4.78, 5) is 43.7. The van der Waals surface area contributed by atoms with Crippen molar-refractivity contribution in [3.8, 4) is 0 Å². The number of hydrogen-bond donors (Lipinski definition) is 1. The number of pyridine rings is 1. The molecule has 0 saturated heterocycles. The number of nitrogens with zero attached hydrogens (tertiary/aromatic N) is 4. The predicted octanol–water partition coefficient (Wildman–Crippen LogP) is 6.06. The van der Waals surface area contributed by atoms with Crippen molar-refractivity contribution >= 4 is 54.4 Å². The minimum Gasteiger partial charge on any atom is -0.444 e. The van der Waals surface area contributed by atoms with Gasteiger partial charge in [0.15, 0.2) is 5.78 Å². The molecule has 0 radical (unpaired) electrons. The van der Waals surface area contributed by atoms with Crippen LogP contribution >= 0.6 is 25.1 Å². The fraction of sp³-hybridized carbons (Fsp3) is 0.346. The molecule has 1 N–H and O–H groups in total. The van der Waals surface area contributed by atoms with Crippen LogP contribution < -0.4 is 10.2 Å². The molecule has 0 bridgehead atoms. The largest absolute Gasteiger partial charge is 0.444 e. The highest BCUT2D eigenvalue weighted by molar-refractivity contribution is 7.59. The van der Waals surface area contributed by atoms with Crippen molar-refractivity contribution in [1.29, 1.82) is 0 Å². The van der Waals surface area contributed by atoms with Crippen molar-refractivity contribution in [1.82, 2.24) is 14.8 Å². The lowest BCUT2D eigenvalue weighted by Gasteiger charge is -2.32. The Morgan fingerprint density at radius 1 is 1.15 bits per heavy atom. The predicted molar refractivity (Wildman–Crippen MR) is 148 cm³/mol. The van der Waals surface area contributed by atoms with E-state index in [1.807, 2.05) is 0 Å². The molecule has 0 saturated carbocycles. The van der Waals surface area contributed by atoms with Crippen LogP contribution in [0.15, 0.2) is 42.7 Å². The van der Waals surface area contributed by atoms with Crippen LogP contribution in [0.3, 0.4) is 0 Å². The summed E-state index contributed by atoms with van der Waals surface area (Å²) in [5.74, 6) is -0.671. The topological polar surface area (TPSA) is 106 Å². The van der Waals surface area contributed by atoms with Crippen LogP contribution in [0.2, 0.25) is 5.02 Å². The van der Waals surface area contributed by atoms with Gasteiger partial charge in [0.1, 0.15) is 17.1 Å². The molecule has 1 aliphatic heterocycles. The Morgan fingerprint density at radius 2 is 1.85 bits per heavy atom. The van der Waals surface area contributed by atoms with Crippen LogP contribution in [0.1, 0.15) is 65.7 Å². The third-order valence-corrected chi connectivity index (χ3v) is 6.13. The molecule has 0 aliphatic carbocycles. The Kier molecular flexibility index (Phi) is 8.90. The fourth-order valence-electron chi connectivity index (χ4n) is 4.09. The molecule has 0 unspecified atom stereocenters. The number of amides is 2. The first-order valence-electron chi connectivity index (χ1n) is 11.9. The number of carbonyl (C=O) groups is 3. The van der Waals surface area contributed by atoms with Gasteiger partial charge in [0.25, 0.3) is 5.91 Å². The Morgan fingerprint density at radius 3 is 2.42 bits per heavy atom. The molecule has 1 aromatic carbocycles. The third-order valence-electron chi connectivity index (χ3n) is 5.82. The Balaban J connectivity index is 0.00000441. The van der Waals surface area contributed by atoms with Gasteiger partial charge in [-0.3, -0.25) is 19.6 Å². The summed E-state index contributed by atoms with van der Waals surface area (Å²) in [5, 5.41) is 6.23. The second-order valence-electron chi connectivity index (χ2n) is 10.0. The molecule has 40 heavy (non-hydrogen) atoms. The van der Waals surface area contributed by atoms with Crippen molar-refractivity contribution in [2.45, 2.75) is 51.9 Å². The molecule has 2 aromatic heterocycles. The number of halogens is 4. The standard InChI is InChI=1S/C26H25ClF3N5O4.H2S/c1-14-13-34(17-6-7-18(19(27)10-17)26(28,29)30)23(37)22-16(12-32-35(14)22)9-20(36)15-5-8-21(31-11-15)33-24(38)39-25(2,3)4;/h5-8,10-12,14H,9,13H2,1-4H3,(H,31,33,38);1H2/t14-;/m0./s1. The average Bonchev–Trinajstić information content (AvgIpc) is 3.24. The number of Topliss-reactive ketones (excluding diaryl/α,β-unsaturated/α-hetero) is 1. The van der Waals surface area contributed by atoms with Gasteiger partial charge in [-0.1, -0.05) is 11.6 Å². The van der Waals surface area contributed by atoms with E-state index >= 15 is 0 Å². The van der Waals surface area contributed by atoms with Crippen LogP contribution in [0.4, 0.5) is 29.5 Å². The Labute approximate surface area is 240 Å². The first-order chi connectivity index (χ1) is 18.1. The monoisotopic (exact) mass is 597 g/mol. The number of aromatic nitrogens is 3. The molecule has 214 valence electrons. The van der Waals surface area contributed by atoms with Crippen LogP contribution in [0.5, 0.6) is 0 Å². The van der Waals surface area contributed by atoms with E-state index in [1.54, 1.807) is 27.7 Å². The van der Waals surface area contributed by atoms with E-state index < -0.39 is 34.4 Å². The number of rotatable bonds is 5. The maximum atomic E-state index is 13.4. The van der Waals surface area contributed by atoms with Gasteiger partial charge in [0.05, 0.1) is 22.8 Å².